The maximum Gasteiger partial charge on any atom is 0.173 e. The van der Waals surface area contributed by atoms with Gasteiger partial charge in [0.15, 0.2) is 37.9 Å². The van der Waals surface area contributed by atoms with Crippen molar-refractivity contribution in [2.45, 2.75) is 51.6 Å². The summed E-state index contributed by atoms with van der Waals surface area (Å²) in [4.78, 5) is 4.61. The van der Waals surface area contributed by atoms with Gasteiger partial charge in [-0.2, -0.15) is 0 Å². The quantitative estimate of drug-likeness (QED) is 0.160. The van der Waals surface area contributed by atoms with Crippen LogP contribution in [0.1, 0.15) is 47.9 Å². The molecule has 2 aromatic carbocycles. The van der Waals surface area contributed by atoms with Gasteiger partial charge >= 0.3 is 0 Å². The van der Waals surface area contributed by atoms with Crippen molar-refractivity contribution < 1.29 is 43.1 Å². The minimum Gasteiger partial charge on any atom is -1.00 e. The highest BCUT2D eigenvalue weighted by Gasteiger charge is 2.13. The van der Waals surface area contributed by atoms with Gasteiger partial charge in [0, 0.05) is 74.0 Å². The van der Waals surface area contributed by atoms with E-state index in [4.69, 9.17) is 0 Å². The monoisotopic (exact) mass is 664 g/mol. The first-order valence-corrected chi connectivity index (χ1v) is 14.2. The van der Waals surface area contributed by atoms with E-state index in [9.17, 15) is 0 Å². The summed E-state index contributed by atoms with van der Waals surface area (Å²) >= 11 is 0. The van der Waals surface area contributed by atoms with Gasteiger partial charge in [0.05, 0.1) is 0 Å². The number of hydrogen-bond acceptors (Lipinski definition) is 2. The van der Waals surface area contributed by atoms with Gasteiger partial charge in [-0.25, -0.2) is 9.13 Å². The first-order chi connectivity index (χ1) is 18.6. The highest BCUT2D eigenvalue weighted by molar-refractivity contribution is 5.44. The van der Waals surface area contributed by atoms with Crippen molar-refractivity contribution in [3.63, 3.8) is 0 Å². The van der Waals surface area contributed by atoms with E-state index in [1.807, 2.05) is 0 Å². The molecule has 0 unspecified atom stereocenters. The summed E-state index contributed by atoms with van der Waals surface area (Å²) in [7, 11) is 4.15. The summed E-state index contributed by atoms with van der Waals surface area (Å²) in [6.45, 7) is 4.23. The van der Waals surface area contributed by atoms with E-state index in [1.165, 1.54) is 72.4 Å². The smallest absolute Gasteiger partial charge is 0.173 e. The Balaban J connectivity index is 0.00000220. The number of halogens is 2. The molecule has 1 saturated heterocycles. The third kappa shape index (κ3) is 9.17. The summed E-state index contributed by atoms with van der Waals surface area (Å²) < 4.78 is 4.51. The summed E-state index contributed by atoms with van der Waals surface area (Å²) in [5.74, 6) is 0. The molecule has 1 aliphatic rings. The summed E-state index contributed by atoms with van der Waals surface area (Å²) in [6, 6.07) is 27.2. The molecule has 1 aliphatic heterocycles. The van der Waals surface area contributed by atoms with Crippen molar-refractivity contribution in [3.05, 3.63) is 120 Å². The largest absolute Gasteiger partial charge is 1.00 e. The lowest BCUT2D eigenvalue weighted by Gasteiger charge is -2.16. The number of pyridine rings is 2. The predicted octanol–water partition coefficient (Wildman–Crippen LogP) is -0.402. The Labute approximate surface area is 261 Å². The highest BCUT2D eigenvalue weighted by Crippen LogP contribution is 2.18. The fraction of sp³-hybridized carbons (Fsp3) is 0.353. The molecule has 0 amide bonds. The zero-order valence-corrected chi connectivity index (χ0v) is 27.0. The zero-order chi connectivity index (χ0) is 26.2. The Morgan fingerprint density at radius 3 is 1.40 bits per heavy atom. The fourth-order valence-corrected chi connectivity index (χ4v) is 5.30. The Kier molecular flexibility index (Phi) is 12.7. The second-order valence-electron chi connectivity index (χ2n) is 10.9. The van der Waals surface area contributed by atoms with Gasteiger partial charge in [-0.15, -0.1) is 0 Å². The number of anilines is 2. The molecule has 6 heteroatoms. The summed E-state index contributed by atoms with van der Waals surface area (Å²) in [5.41, 5.74) is 8.16. The zero-order valence-electron chi connectivity index (χ0n) is 23.9. The number of benzene rings is 2. The fourth-order valence-electron chi connectivity index (χ4n) is 5.30. The molecule has 5 rings (SSSR count). The van der Waals surface area contributed by atoms with Crippen molar-refractivity contribution >= 4 is 11.4 Å². The van der Waals surface area contributed by atoms with E-state index < -0.39 is 0 Å². The Morgan fingerprint density at radius 1 is 0.575 bits per heavy atom. The van der Waals surface area contributed by atoms with Crippen LogP contribution in [0, 0.1) is 0 Å². The lowest BCUT2D eigenvalue weighted by atomic mass is 10.0. The lowest BCUT2D eigenvalue weighted by Crippen LogP contribution is -3.00. The van der Waals surface area contributed by atoms with Crippen LogP contribution in [0.3, 0.4) is 0 Å². The maximum absolute atomic E-state index is 2.49. The van der Waals surface area contributed by atoms with Crippen LogP contribution in [0.4, 0.5) is 11.4 Å². The molecule has 0 aliphatic carbocycles. The molecule has 2 aromatic heterocycles. The molecule has 4 aromatic rings. The summed E-state index contributed by atoms with van der Waals surface area (Å²) in [6.07, 6.45) is 16.1. The van der Waals surface area contributed by atoms with Gasteiger partial charge in [-0.1, -0.05) is 48.5 Å². The van der Waals surface area contributed by atoms with Crippen LogP contribution in [0.25, 0.3) is 0 Å². The third-order valence-corrected chi connectivity index (χ3v) is 7.69. The van der Waals surface area contributed by atoms with Crippen LogP contribution in [-0.2, 0) is 25.9 Å². The Bertz CT molecular complexity index is 1270. The van der Waals surface area contributed by atoms with Crippen molar-refractivity contribution in [1.29, 1.82) is 0 Å². The first kappa shape index (κ1) is 31.8. The highest BCUT2D eigenvalue weighted by atomic mass is 79.9. The second-order valence-corrected chi connectivity index (χ2v) is 10.9. The standard InChI is InChI=1S/C34H42N4.2BrH/c1-35(2)33-17-23-36(24-18-33)27-31-13-9-29(10-14-31)7-3-4-8-30-11-15-32(16-12-30)28-37-25-19-34(20-26-37)38-21-5-6-22-38;;/h9-20,23-26H,3-8,21-22,27-28H2,1-2H3;2*1H/q+2;;/p-2. The van der Waals surface area contributed by atoms with Crippen molar-refractivity contribution in [3.8, 4) is 0 Å². The number of aryl methyl sites for hydroxylation is 2. The lowest BCUT2D eigenvalue weighted by molar-refractivity contribution is -0.688. The van der Waals surface area contributed by atoms with E-state index in [0.29, 0.717) is 0 Å². The van der Waals surface area contributed by atoms with Crippen LogP contribution in [0.15, 0.2) is 97.6 Å². The molecule has 4 nitrogen and oxygen atoms in total. The minimum absolute atomic E-state index is 0. The molecule has 0 saturated carbocycles. The van der Waals surface area contributed by atoms with E-state index in [1.54, 1.807) is 0 Å². The van der Waals surface area contributed by atoms with Gasteiger partial charge < -0.3 is 43.8 Å². The number of hydrogen-bond donors (Lipinski definition) is 0. The van der Waals surface area contributed by atoms with E-state index in [0.717, 1.165) is 25.9 Å². The molecule has 1 fully saturated rings. The SMILES string of the molecule is CN(C)c1cc[n+](Cc2ccc(CCCCc3ccc(C[n+]4ccc(N5CCCC5)cc4)cc3)cc2)cc1.[Br-].[Br-]. The van der Waals surface area contributed by atoms with Crippen molar-refractivity contribution in [2.24, 2.45) is 0 Å². The molecule has 0 N–H and O–H groups in total. The van der Waals surface area contributed by atoms with Crippen LogP contribution in [-0.4, -0.2) is 27.2 Å². The number of rotatable bonds is 11. The molecule has 40 heavy (non-hydrogen) atoms. The average Bonchev–Trinajstić information content (AvgIpc) is 3.49. The first-order valence-electron chi connectivity index (χ1n) is 14.2. The van der Waals surface area contributed by atoms with E-state index in [-0.39, 0.29) is 34.0 Å². The number of aromatic nitrogens is 2. The van der Waals surface area contributed by atoms with Crippen LogP contribution < -0.4 is 52.9 Å². The van der Waals surface area contributed by atoms with Crippen LogP contribution >= 0.6 is 0 Å². The van der Waals surface area contributed by atoms with E-state index in [2.05, 4.69) is 131 Å². The molecular formula is C34H42Br2N4. The number of unbranched alkanes of at least 4 members (excludes halogenated alkanes) is 1. The Hall–Kier alpha value is -2.70. The number of nitrogens with zero attached hydrogens (tertiary/aromatic N) is 4. The van der Waals surface area contributed by atoms with E-state index >= 15 is 0 Å². The van der Waals surface area contributed by atoms with Gasteiger partial charge in [0.1, 0.15) is 0 Å². The molecule has 212 valence electrons. The molecule has 3 heterocycles. The van der Waals surface area contributed by atoms with Gasteiger partial charge in [0.2, 0.25) is 0 Å². The topological polar surface area (TPSA) is 14.2 Å². The minimum atomic E-state index is 0. The normalized spacial score (nSPS) is 12.5. The summed E-state index contributed by atoms with van der Waals surface area (Å²) in [5, 5.41) is 0. The maximum atomic E-state index is 2.49. The second kappa shape index (κ2) is 15.9. The van der Waals surface area contributed by atoms with Crippen molar-refractivity contribution in [1.82, 2.24) is 0 Å². The Morgan fingerprint density at radius 2 is 0.975 bits per heavy atom. The van der Waals surface area contributed by atoms with Gasteiger partial charge in [-0.3, -0.25) is 0 Å². The van der Waals surface area contributed by atoms with Crippen molar-refractivity contribution in [2.75, 3.05) is 37.0 Å². The van der Waals surface area contributed by atoms with Crippen LogP contribution in [0.5, 0.6) is 0 Å². The molecule has 0 bridgehead atoms. The van der Waals surface area contributed by atoms with Gasteiger partial charge in [0.25, 0.3) is 0 Å². The molecule has 0 spiro atoms. The van der Waals surface area contributed by atoms with Gasteiger partial charge in [-0.05, 0) is 49.7 Å². The predicted molar refractivity (Wildman–Crippen MR) is 157 cm³/mol. The molecule has 0 atom stereocenters. The molecule has 0 radical (unpaired) electrons. The molecular weight excluding hydrogens is 624 g/mol. The third-order valence-electron chi connectivity index (χ3n) is 7.69. The van der Waals surface area contributed by atoms with Crippen LogP contribution in [0.2, 0.25) is 0 Å². The average molecular weight is 667 g/mol.